The summed E-state index contributed by atoms with van der Waals surface area (Å²) in [6.07, 6.45) is 13.4. The van der Waals surface area contributed by atoms with Crippen molar-refractivity contribution in [1.82, 2.24) is 39.4 Å². The van der Waals surface area contributed by atoms with Crippen molar-refractivity contribution in [3.8, 4) is 34.8 Å². The van der Waals surface area contributed by atoms with Crippen LogP contribution in [0.3, 0.4) is 0 Å². The van der Waals surface area contributed by atoms with E-state index in [2.05, 4.69) is 32.5 Å². The summed E-state index contributed by atoms with van der Waals surface area (Å²) in [4.78, 5) is 6.52. The number of aromatic nitrogens is 8. The lowest BCUT2D eigenvalue weighted by atomic mass is 9.67. The van der Waals surface area contributed by atoms with Gasteiger partial charge in [0.2, 0.25) is 0 Å². The Labute approximate surface area is 195 Å². The zero-order valence-corrected chi connectivity index (χ0v) is 18.4. The summed E-state index contributed by atoms with van der Waals surface area (Å²) in [7, 11) is 0. The highest BCUT2D eigenvalue weighted by Crippen LogP contribution is 2.46. The van der Waals surface area contributed by atoms with Gasteiger partial charge >= 0.3 is 0 Å². The lowest BCUT2D eigenvalue weighted by Crippen LogP contribution is -2.46. The maximum atomic E-state index is 9.36. The number of fused-ring (bicyclic) bond motifs is 1. The highest BCUT2D eigenvalue weighted by Gasteiger charge is 2.46. The van der Waals surface area contributed by atoms with Gasteiger partial charge in [0, 0.05) is 18.4 Å². The Kier molecular flexibility index (Phi) is 4.85. The van der Waals surface area contributed by atoms with Crippen molar-refractivity contribution in [2.75, 3.05) is 6.61 Å². The molecule has 0 amide bonds. The molecule has 5 heterocycles. The molecule has 170 valence electrons. The zero-order chi connectivity index (χ0) is 23.1. The van der Waals surface area contributed by atoms with Gasteiger partial charge in [0.15, 0.2) is 6.23 Å². The van der Waals surface area contributed by atoms with Crippen molar-refractivity contribution in [2.24, 2.45) is 5.92 Å². The summed E-state index contributed by atoms with van der Waals surface area (Å²) in [6, 6.07) is 6.46. The number of hydrogen-bond acceptors (Lipinski definition) is 8. The van der Waals surface area contributed by atoms with Gasteiger partial charge in [-0.3, -0.25) is 4.68 Å². The van der Waals surface area contributed by atoms with Crippen molar-refractivity contribution in [1.29, 1.82) is 10.5 Å². The first-order valence-corrected chi connectivity index (χ1v) is 11.4. The van der Waals surface area contributed by atoms with Crippen molar-refractivity contribution < 1.29 is 4.74 Å². The van der Waals surface area contributed by atoms with Crippen LogP contribution in [0.25, 0.3) is 28.2 Å². The molecule has 1 aliphatic carbocycles. The lowest BCUT2D eigenvalue weighted by Gasteiger charge is -2.43. The van der Waals surface area contributed by atoms with E-state index >= 15 is 0 Å². The highest BCUT2D eigenvalue weighted by atomic mass is 16.5. The molecule has 0 radical (unpaired) electrons. The van der Waals surface area contributed by atoms with Crippen LogP contribution in [0.15, 0.2) is 37.1 Å². The van der Waals surface area contributed by atoms with Crippen molar-refractivity contribution in [3.05, 3.63) is 37.1 Å². The van der Waals surface area contributed by atoms with Gasteiger partial charge in [0.25, 0.3) is 0 Å². The van der Waals surface area contributed by atoms with E-state index in [0.29, 0.717) is 36.3 Å². The third kappa shape index (κ3) is 3.33. The van der Waals surface area contributed by atoms with Gasteiger partial charge in [-0.05, 0) is 38.2 Å². The quantitative estimate of drug-likeness (QED) is 0.449. The Morgan fingerprint density at radius 1 is 1.09 bits per heavy atom. The second-order valence-electron chi connectivity index (χ2n) is 8.97. The third-order valence-electron chi connectivity index (χ3n) is 6.76. The number of rotatable bonds is 5. The molecule has 2 aliphatic rings. The van der Waals surface area contributed by atoms with Gasteiger partial charge in [0.05, 0.1) is 66.0 Å². The standard InChI is InChI=1S/C23H22N10O/c24-6-5-23(9-16(10-23)11-25)32-14-17(12-27-32)22-20-4-7-26-31(20)15-19(29-22)18-13-28-33(30-18)21-3-1-2-8-34-21/h4,7,12-16,21H,1-3,5,8-10H2. The summed E-state index contributed by atoms with van der Waals surface area (Å²) in [5.74, 6) is -0.0419. The minimum absolute atomic E-state index is 0.0419. The SMILES string of the molecule is N#CCC1(n2cc(-c3nc(-c4cnn(C5CCCCO5)n4)cn4nccc34)cn2)CC(C#N)C1. The first-order chi connectivity index (χ1) is 16.7. The molecule has 0 bridgehead atoms. The van der Waals surface area contributed by atoms with Crippen LogP contribution >= 0.6 is 0 Å². The molecule has 0 N–H and O–H groups in total. The molecule has 1 aliphatic heterocycles. The van der Waals surface area contributed by atoms with Crippen molar-refractivity contribution in [3.63, 3.8) is 0 Å². The van der Waals surface area contributed by atoms with Crippen LogP contribution < -0.4 is 0 Å². The van der Waals surface area contributed by atoms with Crippen LogP contribution in [0, 0.1) is 28.6 Å². The van der Waals surface area contributed by atoms with E-state index in [-0.39, 0.29) is 12.1 Å². The van der Waals surface area contributed by atoms with Gasteiger partial charge in [0.1, 0.15) is 11.4 Å². The molecule has 34 heavy (non-hydrogen) atoms. The molecule has 1 unspecified atom stereocenters. The van der Waals surface area contributed by atoms with E-state index in [1.807, 2.05) is 23.1 Å². The van der Waals surface area contributed by atoms with E-state index < -0.39 is 5.54 Å². The average Bonchev–Trinajstić information content (AvgIpc) is 3.61. The Morgan fingerprint density at radius 2 is 2.00 bits per heavy atom. The molecule has 11 nitrogen and oxygen atoms in total. The number of nitrogens with zero attached hydrogens (tertiary/aromatic N) is 10. The lowest BCUT2D eigenvalue weighted by molar-refractivity contribution is -0.0479. The number of hydrogen-bond donors (Lipinski definition) is 0. The summed E-state index contributed by atoms with van der Waals surface area (Å²) < 4.78 is 9.40. The molecule has 4 aromatic heterocycles. The summed E-state index contributed by atoms with van der Waals surface area (Å²) in [6.45, 7) is 0.718. The molecule has 2 fully saturated rings. The molecular weight excluding hydrogens is 432 g/mol. The average molecular weight is 454 g/mol. The summed E-state index contributed by atoms with van der Waals surface area (Å²) in [5.41, 5.74) is 3.20. The second kappa shape index (κ2) is 8.04. The number of ether oxygens (including phenoxy) is 1. The fourth-order valence-corrected chi connectivity index (χ4v) is 4.91. The van der Waals surface area contributed by atoms with E-state index in [4.69, 9.17) is 9.72 Å². The summed E-state index contributed by atoms with van der Waals surface area (Å²) >= 11 is 0. The minimum Gasteiger partial charge on any atom is -0.355 e. The monoisotopic (exact) mass is 454 g/mol. The maximum Gasteiger partial charge on any atom is 0.169 e. The molecule has 11 heteroatoms. The fourth-order valence-electron chi connectivity index (χ4n) is 4.91. The maximum absolute atomic E-state index is 9.36. The Morgan fingerprint density at radius 3 is 2.79 bits per heavy atom. The molecule has 0 spiro atoms. The molecule has 1 saturated heterocycles. The van der Waals surface area contributed by atoms with Crippen molar-refractivity contribution >= 4 is 5.52 Å². The Hall–Kier alpha value is -4.09. The first-order valence-electron chi connectivity index (χ1n) is 11.4. The summed E-state index contributed by atoms with van der Waals surface area (Å²) in [5, 5.41) is 36.6. The van der Waals surface area contributed by atoms with Crippen LogP contribution in [0.4, 0.5) is 0 Å². The predicted octanol–water partition coefficient (Wildman–Crippen LogP) is 3.09. The largest absolute Gasteiger partial charge is 0.355 e. The number of nitriles is 2. The van der Waals surface area contributed by atoms with E-state index in [0.717, 1.165) is 36.9 Å². The smallest absolute Gasteiger partial charge is 0.169 e. The first kappa shape index (κ1) is 20.5. The normalized spacial score (nSPS) is 24.4. The van der Waals surface area contributed by atoms with Crippen molar-refractivity contribution in [2.45, 2.75) is 50.3 Å². The molecule has 0 aromatic carbocycles. The Balaban J connectivity index is 1.37. The van der Waals surface area contributed by atoms with Gasteiger partial charge in [-0.1, -0.05) is 0 Å². The molecule has 4 aromatic rings. The Bertz CT molecular complexity index is 1420. The topological polar surface area (TPSA) is 136 Å². The fraction of sp³-hybridized carbons (Fsp3) is 0.435. The molecule has 6 rings (SSSR count). The minimum atomic E-state index is -0.440. The molecular formula is C23H22N10O. The van der Waals surface area contributed by atoms with Crippen LogP contribution in [0.2, 0.25) is 0 Å². The van der Waals surface area contributed by atoms with E-state index in [1.54, 1.807) is 27.9 Å². The molecule has 1 saturated carbocycles. The highest BCUT2D eigenvalue weighted by molar-refractivity contribution is 5.77. The van der Waals surface area contributed by atoms with Crippen LogP contribution in [0.5, 0.6) is 0 Å². The van der Waals surface area contributed by atoms with Gasteiger partial charge in [-0.15, -0.1) is 5.10 Å². The van der Waals surface area contributed by atoms with Gasteiger partial charge in [-0.2, -0.15) is 30.6 Å². The zero-order valence-electron chi connectivity index (χ0n) is 18.4. The van der Waals surface area contributed by atoms with Crippen LogP contribution in [-0.2, 0) is 10.3 Å². The third-order valence-corrected chi connectivity index (χ3v) is 6.76. The second-order valence-corrected chi connectivity index (χ2v) is 8.97. The van der Waals surface area contributed by atoms with E-state index in [1.165, 1.54) is 0 Å². The predicted molar refractivity (Wildman–Crippen MR) is 119 cm³/mol. The van der Waals surface area contributed by atoms with E-state index in [9.17, 15) is 10.5 Å². The van der Waals surface area contributed by atoms with Crippen LogP contribution in [-0.4, -0.2) is 46.0 Å². The van der Waals surface area contributed by atoms with Gasteiger partial charge < -0.3 is 4.74 Å². The molecule has 1 atom stereocenters. The van der Waals surface area contributed by atoms with Crippen LogP contribution in [0.1, 0.15) is 44.8 Å². The van der Waals surface area contributed by atoms with Gasteiger partial charge in [-0.25, -0.2) is 9.50 Å².